The van der Waals surface area contributed by atoms with Gasteiger partial charge >= 0.3 is 23.5 Å². The van der Waals surface area contributed by atoms with E-state index in [9.17, 15) is 38.5 Å². The zero-order chi connectivity index (χ0) is 23.8. The van der Waals surface area contributed by atoms with Gasteiger partial charge in [-0.2, -0.15) is 8.62 Å². The Hall–Kier alpha value is -0.410. The van der Waals surface area contributed by atoms with E-state index in [1.54, 1.807) is 0 Å². The third kappa shape index (κ3) is 6.79. The summed E-state index contributed by atoms with van der Waals surface area (Å²) in [5.74, 6) is -0.608. The Bertz CT molecular complexity index is 866. The van der Waals surface area contributed by atoms with Crippen LogP contribution >= 0.6 is 35.1 Å². The lowest BCUT2D eigenvalue weighted by Gasteiger charge is -2.36. The molecule has 31 heavy (non-hydrogen) atoms. The van der Waals surface area contributed by atoms with Crippen molar-refractivity contribution in [2.24, 2.45) is 0 Å². The molecule has 0 saturated carbocycles. The minimum Gasteiger partial charge on any atom is -0.388 e. The van der Waals surface area contributed by atoms with Gasteiger partial charge in [0.15, 0.2) is 6.23 Å². The molecule has 1 fully saturated rings. The molecular weight excluding hydrogens is 512 g/mol. The smallest absolute Gasteiger partial charge is 0.388 e. The standard InChI is InChI=1S/C11H20ClN2O14P3/c1-2-11(5-25-30(21,22)28-31(23,24)27-29(18,19)20)8(16)7(12)9(26-11)14-4-3-6(15)13-10(14)17/h3-4,7-10,16-17H,2,5H2,1H3,(H,13,15)(H,21,22)(H,23,24)(H2,18,19,20)/t7-,8+,9-,10?,11-/m1/s1. The van der Waals surface area contributed by atoms with Gasteiger partial charge in [0.2, 0.25) is 12.3 Å². The normalized spacial score (nSPS) is 35.5. The van der Waals surface area contributed by atoms with Crippen LogP contribution in [0.1, 0.15) is 13.3 Å². The number of carbonyl (C=O) groups excluding carboxylic acids is 1. The fourth-order valence-corrected chi connectivity index (χ4v) is 6.25. The highest BCUT2D eigenvalue weighted by Crippen LogP contribution is 2.66. The highest BCUT2D eigenvalue weighted by atomic mass is 35.5. The second-order valence-electron chi connectivity index (χ2n) is 6.33. The predicted molar refractivity (Wildman–Crippen MR) is 98.5 cm³/mol. The Morgan fingerprint density at radius 1 is 1.19 bits per heavy atom. The Kier molecular flexibility index (Phi) is 8.18. The number of carbonyl (C=O) groups is 1. The minimum atomic E-state index is -5.72. The van der Waals surface area contributed by atoms with Crippen molar-refractivity contribution in [1.82, 2.24) is 10.2 Å². The quantitative estimate of drug-likeness (QED) is 0.139. The number of aliphatic hydroxyl groups is 2. The van der Waals surface area contributed by atoms with E-state index >= 15 is 0 Å². The maximum atomic E-state index is 12.0. The Morgan fingerprint density at radius 3 is 2.32 bits per heavy atom. The SMILES string of the molecule is CC[C@]1(COP(=O)(O)OP(=O)(O)OP(=O)(O)O)O[C@@H](N2C=CC(=O)NC2O)[C@H](Cl)[C@@H]1O. The van der Waals surface area contributed by atoms with E-state index < -0.39 is 65.6 Å². The van der Waals surface area contributed by atoms with E-state index in [0.717, 1.165) is 17.2 Å². The van der Waals surface area contributed by atoms with Gasteiger partial charge in [-0.1, -0.05) is 6.92 Å². The molecule has 2 aliphatic rings. The van der Waals surface area contributed by atoms with Crippen molar-refractivity contribution >= 4 is 41.0 Å². The van der Waals surface area contributed by atoms with E-state index in [0.29, 0.717) is 0 Å². The highest BCUT2D eigenvalue weighted by Gasteiger charge is 2.56. The summed E-state index contributed by atoms with van der Waals surface area (Å²) < 4.78 is 51.5. The number of phosphoric ester groups is 1. The molecule has 180 valence electrons. The van der Waals surface area contributed by atoms with E-state index in [-0.39, 0.29) is 6.42 Å². The summed E-state index contributed by atoms with van der Waals surface area (Å²) in [5.41, 5.74) is -1.79. The van der Waals surface area contributed by atoms with Crippen LogP contribution < -0.4 is 5.32 Å². The van der Waals surface area contributed by atoms with Crippen molar-refractivity contribution in [3.05, 3.63) is 12.3 Å². The zero-order valence-corrected chi connectivity index (χ0v) is 18.9. The van der Waals surface area contributed by atoms with Crippen molar-refractivity contribution in [2.75, 3.05) is 6.61 Å². The molecular formula is C11H20ClN2O14P3. The van der Waals surface area contributed by atoms with Gasteiger partial charge < -0.3 is 44.7 Å². The topological polar surface area (TPSA) is 242 Å². The van der Waals surface area contributed by atoms with Gasteiger partial charge in [-0.25, -0.2) is 13.7 Å². The Labute approximate surface area is 179 Å². The fourth-order valence-electron chi connectivity index (χ4n) is 2.76. The van der Waals surface area contributed by atoms with Crippen LogP contribution in [-0.2, 0) is 36.4 Å². The first kappa shape index (κ1) is 26.8. The van der Waals surface area contributed by atoms with E-state index in [2.05, 4.69) is 18.5 Å². The average molecular weight is 533 g/mol. The van der Waals surface area contributed by atoms with Gasteiger partial charge in [0, 0.05) is 12.3 Å². The summed E-state index contributed by atoms with van der Waals surface area (Å²) >= 11 is 6.17. The van der Waals surface area contributed by atoms with Crippen LogP contribution in [0, 0.1) is 0 Å². The second-order valence-corrected chi connectivity index (χ2v) is 11.2. The van der Waals surface area contributed by atoms with E-state index in [1.165, 1.54) is 6.92 Å². The fraction of sp³-hybridized carbons (Fsp3) is 0.727. The molecule has 2 rings (SSSR count). The zero-order valence-electron chi connectivity index (χ0n) is 15.5. The van der Waals surface area contributed by atoms with Crippen LogP contribution in [0.15, 0.2) is 12.3 Å². The monoisotopic (exact) mass is 532 g/mol. The number of nitrogens with one attached hydrogen (secondary N) is 1. The first-order chi connectivity index (χ1) is 14.0. The summed E-state index contributed by atoms with van der Waals surface area (Å²) in [6.45, 7) is 0.522. The van der Waals surface area contributed by atoms with Gasteiger partial charge in [0.1, 0.15) is 17.1 Å². The number of rotatable bonds is 9. The number of phosphoric acid groups is 3. The van der Waals surface area contributed by atoms with Crippen LogP contribution in [0.5, 0.6) is 0 Å². The molecule has 2 heterocycles. The number of halogens is 1. The van der Waals surface area contributed by atoms with Crippen LogP contribution in [0.2, 0.25) is 0 Å². The molecule has 0 aromatic heterocycles. The maximum Gasteiger partial charge on any atom is 0.490 e. The number of amides is 1. The Balaban J connectivity index is 2.14. The number of ether oxygens (including phenoxy) is 1. The molecule has 0 bridgehead atoms. The number of hydrogen-bond donors (Lipinski definition) is 7. The molecule has 16 nitrogen and oxygen atoms in total. The number of hydrogen-bond acceptors (Lipinski definition) is 11. The average Bonchev–Trinajstić information content (AvgIpc) is 2.82. The molecule has 3 unspecified atom stereocenters. The van der Waals surface area contributed by atoms with Crippen molar-refractivity contribution in [3.63, 3.8) is 0 Å². The molecule has 1 amide bonds. The lowest BCUT2D eigenvalue weighted by Crippen LogP contribution is -2.54. The molecule has 1 saturated heterocycles. The van der Waals surface area contributed by atoms with Crippen molar-refractivity contribution in [2.45, 2.75) is 43.0 Å². The number of nitrogens with zero attached hydrogens (tertiary/aromatic N) is 1. The first-order valence-electron chi connectivity index (χ1n) is 8.23. The lowest BCUT2D eigenvalue weighted by atomic mass is 9.94. The minimum absolute atomic E-state index is 0.0936. The van der Waals surface area contributed by atoms with Crippen LogP contribution in [0.25, 0.3) is 0 Å². The molecule has 0 aromatic rings. The third-order valence-electron chi connectivity index (χ3n) is 4.20. The van der Waals surface area contributed by atoms with Gasteiger partial charge in [0.05, 0.1) is 6.61 Å². The predicted octanol–water partition coefficient (Wildman–Crippen LogP) is -0.976. The molecule has 0 aliphatic carbocycles. The van der Waals surface area contributed by atoms with E-state index in [1.807, 2.05) is 0 Å². The molecule has 7 N–H and O–H groups in total. The summed E-state index contributed by atoms with van der Waals surface area (Å²) in [6.07, 6.45) is -2.30. The van der Waals surface area contributed by atoms with Crippen molar-refractivity contribution in [1.29, 1.82) is 0 Å². The molecule has 0 aromatic carbocycles. The lowest BCUT2D eigenvalue weighted by molar-refractivity contribution is -0.169. The van der Waals surface area contributed by atoms with Crippen molar-refractivity contribution in [3.8, 4) is 0 Å². The van der Waals surface area contributed by atoms with Crippen LogP contribution in [0.4, 0.5) is 0 Å². The van der Waals surface area contributed by atoms with E-state index in [4.69, 9.17) is 26.1 Å². The molecule has 20 heteroatoms. The van der Waals surface area contributed by atoms with Crippen LogP contribution in [0.3, 0.4) is 0 Å². The summed E-state index contributed by atoms with van der Waals surface area (Å²) in [4.78, 5) is 48.2. The molecule has 2 aliphatic heterocycles. The summed E-state index contributed by atoms with van der Waals surface area (Å²) in [6, 6.07) is 0. The summed E-state index contributed by atoms with van der Waals surface area (Å²) in [7, 11) is -16.8. The van der Waals surface area contributed by atoms with Gasteiger partial charge in [-0.3, -0.25) is 9.32 Å². The summed E-state index contributed by atoms with van der Waals surface area (Å²) in [5, 5.41) is 21.4. The van der Waals surface area contributed by atoms with Gasteiger partial charge in [0.25, 0.3) is 0 Å². The Morgan fingerprint density at radius 2 is 1.81 bits per heavy atom. The van der Waals surface area contributed by atoms with Crippen LogP contribution in [-0.4, -0.2) is 76.9 Å². The van der Waals surface area contributed by atoms with Gasteiger partial charge in [-0.15, -0.1) is 11.6 Å². The van der Waals surface area contributed by atoms with Crippen molar-refractivity contribution < 1.29 is 66.2 Å². The molecule has 7 atom stereocenters. The number of alkyl halides is 1. The molecule has 0 radical (unpaired) electrons. The highest BCUT2D eigenvalue weighted by molar-refractivity contribution is 7.66. The second kappa shape index (κ2) is 9.45. The molecule has 0 spiro atoms. The van der Waals surface area contributed by atoms with Gasteiger partial charge in [-0.05, 0) is 6.42 Å². The first-order valence-corrected chi connectivity index (χ1v) is 13.2. The maximum absolute atomic E-state index is 12.0. The largest absolute Gasteiger partial charge is 0.490 e. The number of aliphatic hydroxyl groups excluding tert-OH is 2. The third-order valence-corrected chi connectivity index (χ3v) is 8.44.